The third kappa shape index (κ3) is 12.9. The Labute approximate surface area is 402 Å². The van der Waals surface area contributed by atoms with Crippen molar-refractivity contribution in [3.8, 4) is 5.75 Å². The highest BCUT2D eigenvalue weighted by molar-refractivity contribution is 6.03. The Bertz CT molecular complexity index is 2380. The van der Waals surface area contributed by atoms with Gasteiger partial charge in [-0.2, -0.15) is 0 Å². The number of carbonyl (C=O) groups excluding carboxylic acids is 6. The lowest BCUT2D eigenvalue weighted by atomic mass is 9.66. The molecule has 3 aromatic rings. The van der Waals surface area contributed by atoms with E-state index in [-0.39, 0.29) is 85.0 Å². The summed E-state index contributed by atoms with van der Waals surface area (Å²) >= 11 is 0. The number of halogens is 2. The minimum atomic E-state index is -0.709. The number of amides is 1. The van der Waals surface area contributed by atoms with Gasteiger partial charge in [-0.1, -0.05) is 64.1 Å². The van der Waals surface area contributed by atoms with Gasteiger partial charge in [0.15, 0.2) is 0 Å². The SMILES string of the molecule is CCC(C)C(=O)OC1CC(OC(=O)CCCC(=O)Oc2ccc(C3C(CCC(OC(C)=O)c4ccc(F)cc4)C(=O)N3c3ccc(F)cc3)cc2)C=C2C=CC(C)C(CCC3CC(C)CC(=O)O3)C21. The van der Waals surface area contributed by atoms with E-state index < -0.39 is 59.8 Å². The molecule has 1 amide bonds. The number of cyclic esters (lactones) is 1. The average molecular weight is 952 g/mol. The molecule has 4 aliphatic rings. The van der Waals surface area contributed by atoms with Gasteiger partial charge in [-0.05, 0) is 134 Å². The van der Waals surface area contributed by atoms with Crippen LogP contribution in [0.3, 0.4) is 0 Å². The first kappa shape index (κ1) is 50.7. The molecule has 3 aromatic carbocycles. The molecule has 14 heteroatoms. The number of fused-ring (bicyclic) bond motifs is 1. The molecule has 11 unspecified atom stereocenters. The molecule has 0 spiro atoms. The summed E-state index contributed by atoms with van der Waals surface area (Å²) in [6.07, 6.45) is 8.43. The van der Waals surface area contributed by atoms with Gasteiger partial charge in [0.2, 0.25) is 5.91 Å². The highest BCUT2D eigenvalue weighted by Crippen LogP contribution is 2.48. The number of rotatable bonds is 19. The molecule has 0 saturated carbocycles. The highest BCUT2D eigenvalue weighted by atomic mass is 19.1. The van der Waals surface area contributed by atoms with Crippen LogP contribution < -0.4 is 9.64 Å². The van der Waals surface area contributed by atoms with Crippen LogP contribution in [-0.4, -0.2) is 54.1 Å². The first-order valence-corrected chi connectivity index (χ1v) is 24.4. The third-order valence-electron chi connectivity index (χ3n) is 14.0. The number of ether oxygens (including phenoxy) is 5. The molecule has 0 radical (unpaired) electrons. The number of nitrogens with zero attached hydrogens (tertiary/aromatic N) is 1. The lowest BCUT2D eigenvalue weighted by Gasteiger charge is -2.48. The van der Waals surface area contributed by atoms with Crippen molar-refractivity contribution in [1.82, 2.24) is 0 Å². The zero-order valence-electron chi connectivity index (χ0n) is 40.0. The molecular formula is C55H63F2NO11. The summed E-state index contributed by atoms with van der Waals surface area (Å²) in [5, 5.41) is 0. The molecule has 7 rings (SSSR count). The van der Waals surface area contributed by atoms with Crippen LogP contribution in [0.25, 0.3) is 0 Å². The molecule has 0 bridgehead atoms. The number of benzene rings is 3. The molecule has 2 heterocycles. The quantitative estimate of drug-likeness (QED) is 0.0489. The Hall–Kier alpha value is -6.18. The van der Waals surface area contributed by atoms with Crippen molar-refractivity contribution in [3.63, 3.8) is 0 Å². The Morgan fingerprint density at radius 1 is 0.841 bits per heavy atom. The van der Waals surface area contributed by atoms with E-state index in [1.54, 1.807) is 41.3 Å². The second-order valence-electron chi connectivity index (χ2n) is 19.2. The van der Waals surface area contributed by atoms with Gasteiger partial charge in [-0.3, -0.25) is 28.8 Å². The van der Waals surface area contributed by atoms with Crippen molar-refractivity contribution in [1.29, 1.82) is 0 Å². The number of esters is 5. The van der Waals surface area contributed by atoms with E-state index in [1.165, 1.54) is 43.3 Å². The van der Waals surface area contributed by atoms with Gasteiger partial charge in [0.05, 0.1) is 17.9 Å². The summed E-state index contributed by atoms with van der Waals surface area (Å²) < 4.78 is 56.6. The van der Waals surface area contributed by atoms with Crippen molar-refractivity contribution in [3.05, 3.63) is 119 Å². The van der Waals surface area contributed by atoms with E-state index >= 15 is 0 Å². The standard InChI is InChI=1S/C55H63F2NO11/c1-6-33(3)55(64)69-48-31-44(30-38-11-10-34(4)45(52(38)48)25-24-43-28-32(2)29-51(62)67-43)68-50(61)9-7-8-49(60)66-42-22-14-37(15-23-42)53-46(54(63)58(53)41-20-18-40(57)19-21-41)26-27-47(65-35(5)59)36-12-16-39(56)17-13-36/h10-23,30,32-34,43-48,52-53H,6-9,24-29,31H2,1-5H3. The predicted octanol–water partition coefficient (Wildman–Crippen LogP) is 10.6. The molecular weight excluding hydrogens is 889 g/mol. The normalized spacial score (nSPS) is 26.0. The van der Waals surface area contributed by atoms with E-state index in [0.29, 0.717) is 43.4 Å². The molecule has 0 aromatic heterocycles. The molecule has 11 atom stereocenters. The summed E-state index contributed by atoms with van der Waals surface area (Å²) in [7, 11) is 0. The average Bonchev–Trinajstić information content (AvgIpc) is 3.30. The van der Waals surface area contributed by atoms with E-state index in [0.717, 1.165) is 24.0 Å². The van der Waals surface area contributed by atoms with E-state index in [2.05, 4.69) is 19.9 Å². The van der Waals surface area contributed by atoms with E-state index in [1.807, 2.05) is 26.0 Å². The maximum Gasteiger partial charge on any atom is 0.311 e. The Morgan fingerprint density at radius 2 is 1.52 bits per heavy atom. The Kier molecular flexibility index (Phi) is 16.9. The smallest absolute Gasteiger partial charge is 0.311 e. The molecule has 2 saturated heterocycles. The van der Waals surface area contributed by atoms with Gasteiger partial charge >= 0.3 is 29.8 Å². The zero-order valence-corrected chi connectivity index (χ0v) is 40.0. The molecule has 12 nitrogen and oxygen atoms in total. The lowest BCUT2D eigenvalue weighted by Crippen LogP contribution is -2.55. The molecule has 2 aliphatic carbocycles. The third-order valence-corrected chi connectivity index (χ3v) is 14.0. The number of β-lactam (4-membered cyclic amide) rings is 1. The van der Waals surface area contributed by atoms with Gasteiger partial charge in [-0.15, -0.1) is 0 Å². The summed E-state index contributed by atoms with van der Waals surface area (Å²) in [5.74, 6) is -3.21. The largest absolute Gasteiger partial charge is 0.462 e. The van der Waals surface area contributed by atoms with Crippen LogP contribution in [0.2, 0.25) is 0 Å². The van der Waals surface area contributed by atoms with E-state index in [4.69, 9.17) is 23.7 Å². The van der Waals surface area contributed by atoms with Crippen molar-refractivity contribution in [2.24, 2.45) is 35.5 Å². The van der Waals surface area contributed by atoms with Crippen molar-refractivity contribution in [2.45, 2.75) is 136 Å². The first-order chi connectivity index (χ1) is 33.1. The van der Waals surface area contributed by atoms with Crippen LogP contribution in [0.15, 0.2) is 96.6 Å². The molecule has 2 fully saturated rings. The molecule has 2 aliphatic heterocycles. The van der Waals surface area contributed by atoms with Crippen LogP contribution in [0.1, 0.15) is 129 Å². The Balaban J connectivity index is 0.948. The lowest BCUT2D eigenvalue weighted by molar-refractivity contribution is -0.163. The first-order valence-electron chi connectivity index (χ1n) is 24.4. The fourth-order valence-electron chi connectivity index (χ4n) is 10.3. The maximum absolute atomic E-state index is 13.9. The number of carbonyl (C=O) groups is 6. The van der Waals surface area contributed by atoms with Crippen molar-refractivity contribution >= 4 is 41.4 Å². The van der Waals surface area contributed by atoms with Crippen LogP contribution in [-0.2, 0) is 47.7 Å². The minimum Gasteiger partial charge on any atom is -0.462 e. The van der Waals surface area contributed by atoms with Gasteiger partial charge in [0, 0.05) is 44.2 Å². The Morgan fingerprint density at radius 3 is 2.19 bits per heavy atom. The molecule has 0 N–H and O–H groups in total. The van der Waals surface area contributed by atoms with Crippen molar-refractivity contribution in [2.75, 3.05) is 4.90 Å². The number of hydrogen-bond donors (Lipinski definition) is 0. The van der Waals surface area contributed by atoms with Crippen molar-refractivity contribution < 1.29 is 61.2 Å². The van der Waals surface area contributed by atoms with Gasteiger partial charge in [-0.25, -0.2) is 8.78 Å². The van der Waals surface area contributed by atoms with Gasteiger partial charge < -0.3 is 28.6 Å². The predicted molar refractivity (Wildman–Crippen MR) is 251 cm³/mol. The van der Waals surface area contributed by atoms with Gasteiger partial charge in [0.1, 0.15) is 41.8 Å². The number of anilines is 1. The fourth-order valence-corrected chi connectivity index (χ4v) is 10.3. The summed E-state index contributed by atoms with van der Waals surface area (Å²) in [4.78, 5) is 78.9. The van der Waals surface area contributed by atoms with Crippen LogP contribution >= 0.6 is 0 Å². The number of allylic oxidation sites excluding steroid dienone is 2. The van der Waals surface area contributed by atoms with Crippen LogP contribution in [0.4, 0.5) is 14.5 Å². The summed E-state index contributed by atoms with van der Waals surface area (Å²) in [6, 6.07) is 17.5. The second-order valence-corrected chi connectivity index (χ2v) is 19.2. The topological polar surface area (TPSA) is 152 Å². The molecule has 368 valence electrons. The van der Waals surface area contributed by atoms with Gasteiger partial charge in [0.25, 0.3) is 0 Å². The summed E-state index contributed by atoms with van der Waals surface area (Å²) in [5.41, 5.74) is 2.77. The van der Waals surface area contributed by atoms with Crippen LogP contribution in [0, 0.1) is 47.1 Å². The summed E-state index contributed by atoms with van der Waals surface area (Å²) in [6.45, 7) is 9.27. The zero-order chi connectivity index (χ0) is 49.4. The van der Waals surface area contributed by atoms with Crippen LogP contribution in [0.5, 0.6) is 5.75 Å². The van der Waals surface area contributed by atoms with E-state index in [9.17, 15) is 37.5 Å². The highest BCUT2D eigenvalue weighted by Gasteiger charge is 2.49. The second kappa shape index (κ2) is 23.0. The minimum absolute atomic E-state index is 0.0434. The number of hydrogen-bond acceptors (Lipinski definition) is 11. The monoisotopic (exact) mass is 951 g/mol. The fraction of sp³-hybridized carbons (Fsp3) is 0.491. The molecule has 69 heavy (non-hydrogen) atoms. The maximum atomic E-state index is 13.9.